The number of hydrogen-bond acceptors (Lipinski definition) is 5. The van der Waals surface area contributed by atoms with E-state index < -0.39 is 53.7 Å². The number of aromatic nitrogens is 1. The zero-order valence-electron chi connectivity index (χ0n) is 23.0. The van der Waals surface area contributed by atoms with Gasteiger partial charge < -0.3 is 19.7 Å². The topological polar surface area (TPSA) is 101 Å². The second-order valence-electron chi connectivity index (χ2n) is 11.0. The zero-order chi connectivity index (χ0) is 30.2. The van der Waals surface area contributed by atoms with Crippen molar-refractivity contribution in [1.82, 2.24) is 9.47 Å². The van der Waals surface area contributed by atoms with E-state index in [4.69, 9.17) is 16.3 Å². The molecule has 1 unspecified atom stereocenters. The Morgan fingerprint density at radius 1 is 1.10 bits per heavy atom. The van der Waals surface area contributed by atoms with Crippen molar-refractivity contribution in [3.63, 3.8) is 0 Å². The molecule has 12 heteroatoms. The molecule has 1 amide bonds. The number of benzene rings is 2. The number of halogens is 4. The molecule has 3 aromatic rings. The normalized spacial score (nSPS) is 20.9. The van der Waals surface area contributed by atoms with Crippen molar-refractivity contribution in [2.24, 2.45) is 13.0 Å². The van der Waals surface area contributed by atoms with Crippen LogP contribution in [0.2, 0.25) is 5.02 Å². The fraction of sp³-hybridized carbons (Fsp3) is 0.433. The monoisotopic (exact) mass is 605 g/mol. The summed E-state index contributed by atoms with van der Waals surface area (Å²) in [5.41, 5.74) is 0.540. The van der Waals surface area contributed by atoms with Crippen LogP contribution in [0.5, 0.6) is 0 Å². The number of carboxylic acids is 1. The molecule has 0 spiro atoms. The van der Waals surface area contributed by atoms with Crippen molar-refractivity contribution in [2.75, 3.05) is 18.4 Å². The SMILES string of the molecule is Cn1cc(C(=O)Nc2cc(F)c(CC(=O)C(F)(O[C@H]3CC[C@H](C(=O)O)CC3)N3CCCC3)cc2Cl)c2cc(F)ccc21. The molecule has 2 N–H and O–H groups in total. The molecule has 224 valence electrons. The number of amides is 1. The number of fused-ring (bicyclic) bond motifs is 1. The molecule has 42 heavy (non-hydrogen) atoms. The van der Waals surface area contributed by atoms with Crippen LogP contribution in [0.1, 0.15) is 54.4 Å². The number of hydrogen-bond donors (Lipinski definition) is 2. The van der Waals surface area contributed by atoms with E-state index in [0.717, 1.165) is 12.1 Å². The Kier molecular flexibility index (Phi) is 8.63. The van der Waals surface area contributed by atoms with Crippen LogP contribution in [0, 0.1) is 17.6 Å². The fourth-order valence-corrected chi connectivity index (χ4v) is 6.04. The summed E-state index contributed by atoms with van der Waals surface area (Å²) in [6.07, 6.45) is 2.78. The first-order chi connectivity index (χ1) is 20.0. The maximum absolute atomic E-state index is 16.4. The van der Waals surface area contributed by atoms with Gasteiger partial charge in [0.1, 0.15) is 11.6 Å². The second-order valence-corrected chi connectivity index (χ2v) is 11.4. The van der Waals surface area contributed by atoms with Crippen LogP contribution in [0.25, 0.3) is 10.9 Å². The molecule has 5 rings (SSSR count). The molecule has 2 fully saturated rings. The van der Waals surface area contributed by atoms with Crippen molar-refractivity contribution >= 4 is 45.9 Å². The van der Waals surface area contributed by atoms with Crippen LogP contribution in [0.4, 0.5) is 18.9 Å². The molecular weight excluding hydrogens is 575 g/mol. The number of nitrogens with one attached hydrogen (secondary N) is 1. The Hall–Kier alpha value is -3.41. The van der Waals surface area contributed by atoms with E-state index in [1.807, 2.05) is 0 Å². The molecule has 1 atom stereocenters. The number of likely N-dealkylation sites (tertiary alicyclic amines) is 1. The average molecular weight is 606 g/mol. The third-order valence-electron chi connectivity index (χ3n) is 8.13. The van der Waals surface area contributed by atoms with Gasteiger partial charge in [-0.25, -0.2) is 13.7 Å². The first-order valence-corrected chi connectivity index (χ1v) is 14.3. The number of aliphatic carboxylic acids is 1. The van der Waals surface area contributed by atoms with Gasteiger partial charge in [0, 0.05) is 43.7 Å². The van der Waals surface area contributed by atoms with Crippen LogP contribution < -0.4 is 5.32 Å². The highest BCUT2D eigenvalue weighted by molar-refractivity contribution is 6.34. The highest BCUT2D eigenvalue weighted by Gasteiger charge is 2.49. The molecule has 1 aromatic heterocycles. The second kappa shape index (κ2) is 12.1. The molecule has 0 radical (unpaired) electrons. The van der Waals surface area contributed by atoms with E-state index in [-0.39, 0.29) is 21.8 Å². The lowest BCUT2D eigenvalue weighted by Crippen LogP contribution is -2.54. The van der Waals surface area contributed by atoms with Gasteiger partial charge in [-0.3, -0.25) is 14.4 Å². The molecule has 1 saturated heterocycles. The number of aryl methyl sites for hydroxylation is 1. The van der Waals surface area contributed by atoms with E-state index in [2.05, 4.69) is 5.32 Å². The first-order valence-electron chi connectivity index (χ1n) is 13.9. The molecule has 1 aliphatic heterocycles. The van der Waals surface area contributed by atoms with Crippen molar-refractivity contribution in [2.45, 2.75) is 57.0 Å². The van der Waals surface area contributed by atoms with Crippen molar-refractivity contribution in [3.05, 3.63) is 64.3 Å². The Balaban J connectivity index is 1.33. The zero-order valence-corrected chi connectivity index (χ0v) is 23.7. The van der Waals surface area contributed by atoms with E-state index in [9.17, 15) is 23.9 Å². The average Bonchev–Trinajstić information content (AvgIpc) is 3.60. The summed E-state index contributed by atoms with van der Waals surface area (Å²) in [4.78, 5) is 39.0. The van der Waals surface area contributed by atoms with Crippen LogP contribution in [0.15, 0.2) is 36.5 Å². The van der Waals surface area contributed by atoms with Crippen molar-refractivity contribution < 1.29 is 37.4 Å². The Morgan fingerprint density at radius 3 is 2.45 bits per heavy atom. The fourth-order valence-electron chi connectivity index (χ4n) is 5.81. The van der Waals surface area contributed by atoms with Crippen LogP contribution in [0.3, 0.4) is 0 Å². The minimum atomic E-state index is -2.80. The summed E-state index contributed by atoms with van der Waals surface area (Å²) in [5.74, 6) is -7.26. The van der Waals surface area contributed by atoms with E-state index >= 15 is 8.78 Å². The molecule has 2 heterocycles. The summed E-state index contributed by atoms with van der Waals surface area (Å²) in [7, 11) is 1.70. The lowest BCUT2D eigenvalue weighted by atomic mass is 9.87. The number of carbonyl (C=O) groups is 3. The predicted molar refractivity (Wildman–Crippen MR) is 150 cm³/mol. The van der Waals surface area contributed by atoms with Gasteiger partial charge in [-0.05, 0) is 74.4 Å². The lowest BCUT2D eigenvalue weighted by molar-refractivity contribution is -0.252. The summed E-state index contributed by atoms with van der Waals surface area (Å²) in [6, 6.07) is 6.16. The van der Waals surface area contributed by atoms with Gasteiger partial charge in [0.25, 0.3) is 5.91 Å². The highest BCUT2D eigenvalue weighted by Crippen LogP contribution is 2.35. The molecule has 8 nitrogen and oxygen atoms in total. The largest absolute Gasteiger partial charge is 0.481 e. The Bertz CT molecular complexity index is 1530. The number of ether oxygens (including phenoxy) is 1. The summed E-state index contributed by atoms with van der Waals surface area (Å²) in [5, 5.41) is 12.1. The maximum atomic E-state index is 16.4. The number of Topliss-reactive ketones (excluding diaryl/α,β-unsaturated/α-hetero) is 1. The minimum Gasteiger partial charge on any atom is -0.481 e. The Morgan fingerprint density at radius 2 is 1.79 bits per heavy atom. The van der Waals surface area contributed by atoms with Gasteiger partial charge in [0.2, 0.25) is 5.78 Å². The van der Waals surface area contributed by atoms with E-state index in [0.29, 0.717) is 62.5 Å². The highest BCUT2D eigenvalue weighted by atomic mass is 35.5. The molecular formula is C30H31ClF3N3O5. The number of ketones is 1. The number of alkyl halides is 1. The molecule has 0 bridgehead atoms. The van der Waals surface area contributed by atoms with Gasteiger partial charge >= 0.3 is 11.9 Å². The summed E-state index contributed by atoms with van der Waals surface area (Å²) >= 11 is 6.36. The standard InChI is InChI=1S/C30H31ClF3N3O5/c1-36-16-22(21-14-19(32)6-9-26(21)36)28(39)35-25-15-24(33)18(12-23(25)31)13-27(38)30(34,37-10-2-3-11-37)42-20-7-4-17(5-8-20)29(40)41/h6,9,12,14-17,20H,2-5,7-8,10-11,13H2,1H3,(H,35,39)(H,40,41)/t17-,20-,30?. The van der Waals surface area contributed by atoms with Crippen molar-refractivity contribution in [3.8, 4) is 0 Å². The van der Waals surface area contributed by atoms with E-state index in [1.165, 1.54) is 29.3 Å². The molecule has 2 aromatic carbocycles. The first kappa shape index (κ1) is 30.1. The summed E-state index contributed by atoms with van der Waals surface area (Å²) < 4.78 is 52.9. The smallest absolute Gasteiger partial charge is 0.330 e. The van der Waals surface area contributed by atoms with Gasteiger partial charge in [-0.15, -0.1) is 0 Å². The molecule has 1 aliphatic carbocycles. The number of rotatable bonds is 9. The molecule has 2 aliphatic rings. The Labute approximate surface area is 245 Å². The molecule has 1 saturated carbocycles. The van der Waals surface area contributed by atoms with Crippen molar-refractivity contribution in [1.29, 1.82) is 0 Å². The third-order valence-corrected chi connectivity index (χ3v) is 8.45. The number of carboxylic acid groups (broad SMARTS) is 1. The number of nitrogens with zero attached hydrogens (tertiary/aromatic N) is 2. The minimum absolute atomic E-state index is 0.0683. The number of carbonyl (C=O) groups excluding carboxylic acids is 2. The van der Waals surface area contributed by atoms with Gasteiger partial charge in [-0.1, -0.05) is 11.6 Å². The van der Waals surface area contributed by atoms with Crippen LogP contribution in [-0.4, -0.2) is 57.4 Å². The van der Waals surface area contributed by atoms with Crippen LogP contribution >= 0.6 is 11.6 Å². The van der Waals surface area contributed by atoms with Gasteiger partial charge in [-0.2, -0.15) is 4.39 Å². The maximum Gasteiger partial charge on any atom is 0.330 e. The third kappa shape index (κ3) is 6.04. The predicted octanol–water partition coefficient (Wildman–Crippen LogP) is 5.85. The summed E-state index contributed by atoms with van der Waals surface area (Å²) in [6.45, 7) is 0.581. The lowest BCUT2D eigenvalue weighted by Gasteiger charge is -2.37. The van der Waals surface area contributed by atoms with Crippen LogP contribution in [-0.2, 0) is 27.8 Å². The van der Waals surface area contributed by atoms with Gasteiger partial charge in [0.05, 0.1) is 28.3 Å². The quantitative estimate of drug-likeness (QED) is 0.297. The van der Waals surface area contributed by atoms with E-state index in [1.54, 1.807) is 11.6 Å². The number of anilines is 1. The van der Waals surface area contributed by atoms with Gasteiger partial charge in [0.15, 0.2) is 0 Å².